The lowest BCUT2D eigenvalue weighted by Crippen LogP contribution is -2.30. The minimum Gasteiger partial charge on any atom is -0.462 e. The molecule has 0 heterocycles. The Labute approximate surface area is 645 Å². The summed E-state index contributed by atoms with van der Waals surface area (Å²) in [6, 6.07) is 0. The van der Waals surface area contributed by atoms with Crippen LogP contribution in [0.3, 0.4) is 0 Å². The Kier molecular flexibility index (Phi) is 74.7. The number of phosphoric ester groups is 2. The summed E-state index contributed by atoms with van der Waals surface area (Å²) in [5.41, 5.74) is 0. The molecule has 0 bridgehead atoms. The first kappa shape index (κ1) is 103. The molecule has 5 atom stereocenters. The van der Waals surface area contributed by atoms with Gasteiger partial charge < -0.3 is 33.8 Å². The van der Waals surface area contributed by atoms with Crippen molar-refractivity contribution in [3.05, 3.63) is 0 Å². The van der Waals surface area contributed by atoms with Crippen molar-refractivity contribution in [3.8, 4) is 0 Å². The molecular formula is C86H168O17P2. The van der Waals surface area contributed by atoms with E-state index in [0.717, 1.165) is 108 Å². The number of esters is 4. The summed E-state index contributed by atoms with van der Waals surface area (Å²) in [4.78, 5) is 73.2. The normalized spacial score (nSPS) is 13.9. The molecular weight excluding hydrogens is 1370 g/mol. The molecule has 105 heavy (non-hydrogen) atoms. The fourth-order valence-corrected chi connectivity index (χ4v) is 14.9. The highest BCUT2D eigenvalue weighted by Crippen LogP contribution is 2.45. The van der Waals surface area contributed by atoms with E-state index in [0.29, 0.717) is 25.7 Å². The number of ether oxygens (including phenoxy) is 4. The van der Waals surface area contributed by atoms with Gasteiger partial charge in [-0.2, -0.15) is 0 Å². The van der Waals surface area contributed by atoms with Gasteiger partial charge in [0.2, 0.25) is 0 Å². The molecule has 19 heteroatoms. The number of rotatable bonds is 84. The van der Waals surface area contributed by atoms with E-state index in [1.165, 1.54) is 263 Å². The predicted molar refractivity (Wildman–Crippen MR) is 432 cm³/mol. The zero-order valence-electron chi connectivity index (χ0n) is 69.2. The second-order valence-corrected chi connectivity index (χ2v) is 35.3. The fraction of sp³-hybridized carbons (Fsp3) is 0.953. The third-order valence-corrected chi connectivity index (χ3v) is 22.0. The van der Waals surface area contributed by atoms with Gasteiger partial charge in [0.05, 0.1) is 26.4 Å². The largest absolute Gasteiger partial charge is 0.472 e. The summed E-state index contributed by atoms with van der Waals surface area (Å²) in [5, 5.41) is 10.7. The van der Waals surface area contributed by atoms with Crippen LogP contribution in [-0.4, -0.2) is 96.7 Å². The van der Waals surface area contributed by atoms with Crippen LogP contribution in [0.5, 0.6) is 0 Å². The molecule has 0 aliphatic rings. The highest BCUT2D eigenvalue weighted by molar-refractivity contribution is 7.47. The lowest BCUT2D eigenvalue weighted by Gasteiger charge is -2.21. The van der Waals surface area contributed by atoms with Gasteiger partial charge in [0.25, 0.3) is 0 Å². The van der Waals surface area contributed by atoms with Crippen LogP contribution in [0.25, 0.3) is 0 Å². The van der Waals surface area contributed by atoms with Crippen LogP contribution in [0.2, 0.25) is 0 Å². The molecule has 0 saturated heterocycles. The number of unbranched alkanes of at least 4 members (excludes halogenated alkanes) is 52. The minimum atomic E-state index is -4.97. The lowest BCUT2D eigenvalue weighted by atomic mass is 10.0. The molecule has 0 aliphatic carbocycles. The molecule has 0 rings (SSSR count). The van der Waals surface area contributed by atoms with Gasteiger partial charge in [0.1, 0.15) is 19.3 Å². The van der Waals surface area contributed by atoms with Crippen LogP contribution >= 0.6 is 15.6 Å². The van der Waals surface area contributed by atoms with Gasteiger partial charge in [0, 0.05) is 25.7 Å². The number of hydrogen-bond acceptors (Lipinski definition) is 15. The Morgan fingerprint density at radius 3 is 0.648 bits per heavy atom. The number of hydrogen-bond donors (Lipinski definition) is 3. The van der Waals surface area contributed by atoms with Gasteiger partial charge in [-0.15, -0.1) is 0 Å². The van der Waals surface area contributed by atoms with E-state index in [1.807, 2.05) is 0 Å². The van der Waals surface area contributed by atoms with Crippen LogP contribution in [0.4, 0.5) is 0 Å². The van der Waals surface area contributed by atoms with E-state index >= 15 is 0 Å². The van der Waals surface area contributed by atoms with Crippen LogP contribution in [-0.2, 0) is 65.4 Å². The van der Waals surface area contributed by atoms with Crippen molar-refractivity contribution in [2.45, 2.75) is 471 Å². The summed E-state index contributed by atoms with van der Waals surface area (Å²) < 4.78 is 68.9. The molecule has 0 aromatic heterocycles. The Morgan fingerprint density at radius 2 is 0.438 bits per heavy atom. The van der Waals surface area contributed by atoms with Gasteiger partial charge >= 0.3 is 39.5 Å². The van der Waals surface area contributed by atoms with Crippen molar-refractivity contribution in [2.24, 2.45) is 17.8 Å². The monoisotopic (exact) mass is 1540 g/mol. The molecule has 0 aliphatic heterocycles. The number of carbonyl (C=O) groups excluding carboxylic acids is 4. The van der Waals surface area contributed by atoms with Gasteiger partial charge in [0.15, 0.2) is 12.2 Å². The van der Waals surface area contributed by atoms with Crippen molar-refractivity contribution in [2.75, 3.05) is 39.6 Å². The van der Waals surface area contributed by atoms with E-state index < -0.39 is 97.5 Å². The van der Waals surface area contributed by atoms with Crippen LogP contribution < -0.4 is 0 Å². The Hall–Kier alpha value is -1.94. The van der Waals surface area contributed by atoms with Gasteiger partial charge in [-0.05, 0) is 43.4 Å². The maximum Gasteiger partial charge on any atom is 0.472 e. The first-order chi connectivity index (χ1) is 50.7. The standard InChI is InChI=1S/C86H168O17P2/c1-8-9-10-11-12-13-14-15-16-17-18-19-20-21-22-29-34-39-48-55-62-69-85(90)102-81(73-96-83(88)67-60-53-46-38-33-28-24-23-26-31-36-43-50-57-64-77(2)3)75-100-104(92,93)98-71-80(87)72-99-105(94,95)101-76-82(74-97-84(89)68-61-54-47-42-41-45-52-59-66-79(6)7)103-86(91)70-63-56-49-40-35-30-25-27-32-37-44-51-58-65-78(4)5/h77-82,87H,8-76H2,1-7H3,(H,92,93)(H,94,95)/t80-,81-,82-/m1/s1. The van der Waals surface area contributed by atoms with E-state index in [4.69, 9.17) is 37.0 Å². The first-order valence-corrected chi connectivity index (χ1v) is 47.3. The van der Waals surface area contributed by atoms with Crippen LogP contribution in [0.1, 0.15) is 453 Å². The van der Waals surface area contributed by atoms with Crippen molar-refractivity contribution in [3.63, 3.8) is 0 Å². The number of aliphatic hydroxyl groups excluding tert-OH is 1. The smallest absolute Gasteiger partial charge is 0.462 e. The molecule has 624 valence electrons. The molecule has 0 spiro atoms. The number of aliphatic hydroxyl groups is 1. The van der Waals surface area contributed by atoms with Crippen molar-refractivity contribution >= 4 is 39.5 Å². The van der Waals surface area contributed by atoms with Gasteiger partial charge in [-0.1, -0.05) is 402 Å². The van der Waals surface area contributed by atoms with Crippen LogP contribution in [0.15, 0.2) is 0 Å². The second-order valence-electron chi connectivity index (χ2n) is 32.4. The molecule has 0 saturated carbocycles. The third-order valence-electron chi connectivity index (χ3n) is 20.1. The summed E-state index contributed by atoms with van der Waals surface area (Å²) in [5.74, 6) is 0.206. The minimum absolute atomic E-state index is 0.107. The van der Waals surface area contributed by atoms with Crippen molar-refractivity contribution in [1.29, 1.82) is 0 Å². The Bertz CT molecular complexity index is 2030. The van der Waals surface area contributed by atoms with E-state index in [1.54, 1.807) is 0 Å². The number of phosphoric acid groups is 2. The topological polar surface area (TPSA) is 237 Å². The van der Waals surface area contributed by atoms with Gasteiger partial charge in [-0.3, -0.25) is 37.3 Å². The molecule has 0 aromatic rings. The third kappa shape index (κ3) is 79.9. The summed E-state index contributed by atoms with van der Waals surface area (Å²) in [6.45, 7) is 12.0. The predicted octanol–water partition coefficient (Wildman–Crippen LogP) is 26.1. The summed E-state index contributed by atoms with van der Waals surface area (Å²) >= 11 is 0. The van der Waals surface area contributed by atoms with E-state index in [9.17, 15) is 43.2 Å². The molecule has 0 aromatic carbocycles. The quantitative estimate of drug-likeness (QED) is 0.0222. The van der Waals surface area contributed by atoms with Gasteiger partial charge in [-0.25, -0.2) is 9.13 Å². The van der Waals surface area contributed by atoms with E-state index in [-0.39, 0.29) is 25.7 Å². The molecule has 0 radical (unpaired) electrons. The first-order valence-electron chi connectivity index (χ1n) is 44.3. The summed E-state index contributed by atoms with van der Waals surface area (Å²) in [6.07, 6.45) is 66.7. The highest BCUT2D eigenvalue weighted by atomic mass is 31.2. The molecule has 17 nitrogen and oxygen atoms in total. The highest BCUT2D eigenvalue weighted by Gasteiger charge is 2.30. The van der Waals surface area contributed by atoms with E-state index in [2.05, 4.69) is 48.5 Å². The average Bonchev–Trinajstić information content (AvgIpc) is 1.01. The Balaban J connectivity index is 5.24. The lowest BCUT2D eigenvalue weighted by molar-refractivity contribution is -0.161. The summed E-state index contributed by atoms with van der Waals surface area (Å²) in [7, 11) is -9.93. The Morgan fingerprint density at radius 1 is 0.257 bits per heavy atom. The fourth-order valence-electron chi connectivity index (χ4n) is 13.4. The average molecular weight is 1540 g/mol. The van der Waals surface area contributed by atoms with Crippen LogP contribution in [0, 0.1) is 17.8 Å². The number of carbonyl (C=O) groups is 4. The molecule has 2 unspecified atom stereocenters. The molecule has 0 fully saturated rings. The van der Waals surface area contributed by atoms with Crippen molar-refractivity contribution in [1.82, 2.24) is 0 Å². The molecule has 3 N–H and O–H groups in total. The second kappa shape index (κ2) is 76.1. The van der Waals surface area contributed by atoms with Crippen molar-refractivity contribution < 1.29 is 80.2 Å². The zero-order chi connectivity index (χ0) is 77.2. The maximum atomic E-state index is 13.1. The zero-order valence-corrected chi connectivity index (χ0v) is 71.0. The SMILES string of the molecule is CCCCCCCCCCCCCCCCCCCCCCCC(=O)O[C@H](COC(=O)CCCCCCCCCCCCCCCCC(C)C)COP(=O)(O)OC[C@@H](O)COP(=O)(O)OC[C@@H](COC(=O)CCCCCCCCCCC(C)C)OC(=O)CCCCCCCCCCCCCCCC(C)C. The molecule has 0 amide bonds. The maximum absolute atomic E-state index is 13.1.